The summed E-state index contributed by atoms with van der Waals surface area (Å²) in [5.74, 6) is 0.463. The van der Waals surface area contributed by atoms with Crippen LogP contribution in [0.2, 0.25) is 0 Å². The number of halogens is 1. The number of rotatable bonds is 8. The van der Waals surface area contributed by atoms with Crippen LogP contribution >= 0.6 is 0 Å². The van der Waals surface area contributed by atoms with E-state index < -0.39 is 0 Å². The number of hydrogen-bond donors (Lipinski definition) is 1. The third-order valence-electron chi connectivity index (χ3n) is 3.95. The maximum absolute atomic E-state index is 13.9. The highest BCUT2D eigenvalue weighted by Gasteiger charge is 2.15. The molecule has 0 bridgehead atoms. The molecule has 0 radical (unpaired) electrons. The fourth-order valence-corrected chi connectivity index (χ4v) is 2.19. The number of hydrogen-bond acceptors (Lipinski definition) is 2. The second-order valence-corrected chi connectivity index (χ2v) is 6.00. The molecule has 1 aromatic carbocycles. The standard InChI is InChI=1S/C17H29FN2/c1-6-9-19-11-15-7-8-17(18)16(10-15)12-20(5)14(4)13(2)3/h7-8,10,13-14,19H,6,9,11-12H2,1-5H3. The topological polar surface area (TPSA) is 15.3 Å². The minimum absolute atomic E-state index is 0.105. The number of benzene rings is 1. The van der Waals surface area contributed by atoms with Gasteiger partial charge in [0, 0.05) is 24.7 Å². The van der Waals surface area contributed by atoms with Crippen molar-refractivity contribution in [3.05, 3.63) is 35.1 Å². The molecule has 0 amide bonds. The Hall–Kier alpha value is -0.930. The summed E-state index contributed by atoms with van der Waals surface area (Å²) in [6, 6.07) is 5.89. The molecule has 0 aliphatic carbocycles. The highest BCUT2D eigenvalue weighted by atomic mass is 19.1. The predicted octanol–water partition coefficient (Wildman–Crippen LogP) is 3.80. The molecule has 0 saturated carbocycles. The quantitative estimate of drug-likeness (QED) is 0.729. The molecule has 0 aliphatic rings. The molecule has 0 fully saturated rings. The van der Waals surface area contributed by atoms with Crippen molar-refractivity contribution >= 4 is 0 Å². The summed E-state index contributed by atoms with van der Waals surface area (Å²) in [5, 5.41) is 3.36. The van der Waals surface area contributed by atoms with Crippen molar-refractivity contribution < 1.29 is 4.39 Å². The first-order valence-corrected chi connectivity index (χ1v) is 7.64. The smallest absolute Gasteiger partial charge is 0.127 e. The van der Waals surface area contributed by atoms with Crippen molar-refractivity contribution in [2.75, 3.05) is 13.6 Å². The van der Waals surface area contributed by atoms with Crippen molar-refractivity contribution in [3.8, 4) is 0 Å². The molecule has 1 atom stereocenters. The largest absolute Gasteiger partial charge is 0.313 e. The van der Waals surface area contributed by atoms with Crippen LogP contribution < -0.4 is 5.32 Å². The normalized spacial score (nSPS) is 13.2. The molecule has 1 rings (SSSR count). The molecule has 0 heterocycles. The Morgan fingerprint density at radius 1 is 1.25 bits per heavy atom. The van der Waals surface area contributed by atoms with Crippen LogP contribution in [0.4, 0.5) is 4.39 Å². The summed E-state index contributed by atoms with van der Waals surface area (Å²) in [7, 11) is 2.06. The fourth-order valence-electron chi connectivity index (χ4n) is 2.19. The summed E-state index contributed by atoms with van der Waals surface area (Å²) < 4.78 is 13.9. The molecule has 0 aliphatic heterocycles. The highest BCUT2D eigenvalue weighted by Crippen LogP contribution is 2.16. The average Bonchev–Trinajstić information content (AvgIpc) is 2.41. The molecular weight excluding hydrogens is 251 g/mol. The summed E-state index contributed by atoms with van der Waals surface area (Å²) in [4.78, 5) is 2.21. The Balaban J connectivity index is 2.71. The van der Waals surface area contributed by atoms with Crippen molar-refractivity contribution in [1.29, 1.82) is 0 Å². The van der Waals surface area contributed by atoms with Crippen LogP contribution in [-0.2, 0) is 13.1 Å². The average molecular weight is 280 g/mol. The van der Waals surface area contributed by atoms with E-state index in [9.17, 15) is 4.39 Å². The Labute approximate surface area is 123 Å². The monoisotopic (exact) mass is 280 g/mol. The summed E-state index contributed by atoms with van der Waals surface area (Å²) in [6.45, 7) is 11.2. The maximum atomic E-state index is 13.9. The van der Waals surface area contributed by atoms with Gasteiger partial charge in [0.1, 0.15) is 5.82 Å². The molecular formula is C17H29FN2. The molecule has 0 spiro atoms. The lowest BCUT2D eigenvalue weighted by molar-refractivity contribution is 0.198. The van der Waals surface area contributed by atoms with Gasteiger partial charge in [-0.25, -0.2) is 4.39 Å². The highest BCUT2D eigenvalue weighted by molar-refractivity contribution is 5.25. The zero-order valence-electron chi connectivity index (χ0n) is 13.5. The van der Waals surface area contributed by atoms with Gasteiger partial charge < -0.3 is 5.32 Å². The van der Waals surface area contributed by atoms with Gasteiger partial charge in [-0.15, -0.1) is 0 Å². The van der Waals surface area contributed by atoms with Gasteiger partial charge in [0.25, 0.3) is 0 Å². The third-order valence-corrected chi connectivity index (χ3v) is 3.95. The Morgan fingerprint density at radius 3 is 2.55 bits per heavy atom. The van der Waals surface area contributed by atoms with Crippen molar-refractivity contribution in [3.63, 3.8) is 0 Å². The van der Waals surface area contributed by atoms with Gasteiger partial charge in [0.15, 0.2) is 0 Å². The SMILES string of the molecule is CCCNCc1ccc(F)c(CN(C)C(C)C(C)C)c1. The van der Waals surface area contributed by atoms with Crippen LogP contribution in [0, 0.1) is 11.7 Å². The Kier molecular flexibility index (Phi) is 7.17. The van der Waals surface area contributed by atoms with Crippen LogP contribution in [0.1, 0.15) is 45.2 Å². The van der Waals surface area contributed by atoms with Gasteiger partial charge in [-0.05, 0) is 44.5 Å². The first-order chi connectivity index (χ1) is 9.45. The molecule has 2 nitrogen and oxygen atoms in total. The number of nitrogens with one attached hydrogen (secondary N) is 1. The van der Waals surface area contributed by atoms with E-state index in [1.165, 1.54) is 0 Å². The van der Waals surface area contributed by atoms with Gasteiger partial charge in [0.05, 0.1) is 0 Å². The lowest BCUT2D eigenvalue weighted by Gasteiger charge is -2.28. The Morgan fingerprint density at radius 2 is 1.95 bits per heavy atom. The predicted molar refractivity (Wildman–Crippen MR) is 84.2 cm³/mol. The third kappa shape index (κ3) is 5.22. The van der Waals surface area contributed by atoms with E-state index in [0.717, 1.165) is 30.6 Å². The lowest BCUT2D eigenvalue weighted by Crippen LogP contribution is -2.33. The lowest BCUT2D eigenvalue weighted by atomic mass is 10.0. The minimum Gasteiger partial charge on any atom is -0.313 e. The van der Waals surface area contributed by atoms with Gasteiger partial charge in [-0.2, -0.15) is 0 Å². The van der Waals surface area contributed by atoms with E-state index in [4.69, 9.17) is 0 Å². The fraction of sp³-hybridized carbons (Fsp3) is 0.647. The van der Waals surface area contributed by atoms with Crippen LogP contribution in [0.25, 0.3) is 0 Å². The van der Waals surface area contributed by atoms with E-state index >= 15 is 0 Å². The zero-order valence-corrected chi connectivity index (χ0v) is 13.5. The molecule has 0 saturated heterocycles. The number of nitrogens with zero attached hydrogens (tertiary/aromatic N) is 1. The van der Waals surface area contributed by atoms with E-state index in [-0.39, 0.29) is 5.82 Å². The van der Waals surface area contributed by atoms with Crippen LogP contribution in [0.3, 0.4) is 0 Å². The molecule has 1 N–H and O–H groups in total. The van der Waals surface area contributed by atoms with E-state index in [0.29, 0.717) is 18.5 Å². The Bertz CT molecular complexity index is 404. The van der Waals surface area contributed by atoms with Crippen LogP contribution in [0.5, 0.6) is 0 Å². The first kappa shape index (κ1) is 17.1. The van der Waals surface area contributed by atoms with Crippen molar-refractivity contribution in [2.24, 2.45) is 5.92 Å². The van der Waals surface area contributed by atoms with E-state index in [1.54, 1.807) is 6.07 Å². The molecule has 1 aromatic rings. The molecule has 20 heavy (non-hydrogen) atoms. The zero-order chi connectivity index (χ0) is 15.1. The van der Waals surface area contributed by atoms with Crippen molar-refractivity contribution in [2.45, 2.75) is 53.2 Å². The van der Waals surface area contributed by atoms with Gasteiger partial charge >= 0.3 is 0 Å². The van der Waals surface area contributed by atoms with Gasteiger partial charge in [-0.3, -0.25) is 4.90 Å². The van der Waals surface area contributed by atoms with Crippen LogP contribution in [0.15, 0.2) is 18.2 Å². The summed E-state index contributed by atoms with van der Waals surface area (Å²) in [6.07, 6.45) is 1.11. The minimum atomic E-state index is -0.105. The van der Waals surface area contributed by atoms with Gasteiger partial charge in [0.2, 0.25) is 0 Å². The maximum Gasteiger partial charge on any atom is 0.127 e. The molecule has 3 heteroatoms. The van der Waals surface area contributed by atoms with E-state index in [1.807, 2.05) is 12.1 Å². The summed E-state index contributed by atoms with van der Waals surface area (Å²) >= 11 is 0. The molecule has 0 aromatic heterocycles. The second-order valence-electron chi connectivity index (χ2n) is 6.00. The van der Waals surface area contributed by atoms with E-state index in [2.05, 4.69) is 45.0 Å². The van der Waals surface area contributed by atoms with Crippen LogP contribution in [-0.4, -0.2) is 24.5 Å². The summed E-state index contributed by atoms with van der Waals surface area (Å²) in [5.41, 5.74) is 1.94. The van der Waals surface area contributed by atoms with Crippen molar-refractivity contribution in [1.82, 2.24) is 10.2 Å². The molecule has 114 valence electrons. The van der Waals surface area contributed by atoms with Gasteiger partial charge in [-0.1, -0.05) is 32.9 Å². The first-order valence-electron chi connectivity index (χ1n) is 7.64. The molecule has 1 unspecified atom stereocenters. The second kappa shape index (κ2) is 8.38.